The highest BCUT2D eigenvalue weighted by atomic mass is 32.1. The van der Waals surface area contributed by atoms with Crippen molar-refractivity contribution in [3.05, 3.63) is 35.4 Å². The summed E-state index contributed by atoms with van der Waals surface area (Å²) in [6.45, 7) is 1.83. The van der Waals surface area contributed by atoms with Crippen LogP contribution in [0.4, 0.5) is 8.78 Å². The Morgan fingerprint density at radius 3 is 2.61 bits per heavy atom. The maximum Gasteiger partial charge on any atom is 0.224 e. The minimum Gasteiger partial charge on any atom is -0.392 e. The van der Waals surface area contributed by atoms with Crippen molar-refractivity contribution < 1.29 is 13.6 Å². The standard InChI is InChI=1S/C12H14F2N2OS/c1-2-10(12(15)18)16-11(17)6-7-3-4-8(13)9(14)5-7/h3-5,10H,2,6H2,1H3,(H2,15,18)(H,16,17). The number of halogens is 2. The van der Waals surface area contributed by atoms with Crippen LogP contribution in [0, 0.1) is 11.6 Å². The Morgan fingerprint density at radius 1 is 1.44 bits per heavy atom. The Balaban J connectivity index is 2.64. The molecule has 0 fully saturated rings. The number of carbonyl (C=O) groups is 1. The van der Waals surface area contributed by atoms with Crippen LogP contribution in [0.1, 0.15) is 18.9 Å². The van der Waals surface area contributed by atoms with Crippen LogP contribution >= 0.6 is 12.2 Å². The van der Waals surface area contributed by atoms with Crippen LogP contribution < -0.4 is 11.1 Å². The van der Waals surface area contributed by atoms with Gasteiger partial charge in [0.05, 0.1) is 17.5 Å². The van der Waals surface area contributed by atoms with Crippen molar-refractivity contribution in [3.8, 4) is 0 Å². The lowest BCUT2D eigenvalue weighted by Gasteiger charge is -2.15. The number of nitrogens with two attached hydrogens (primary N) is 1. The maximum absolute atomic E-state index is 12.9. The second-order valence-corrected chi connectivity index (χ2v) is 4.33. The van der Waals surface area contributed by atoms with Crippen LogP contribution in [0.3, 0.4) is 0 Å². The molecular formula is C12H14F2N2OS. The molecule has 3 nitrogen and oxygen atoms in total. The first-order valence-electron chi connectivity index (χ1n) is 5.46. The molecule has 0 bridgehead atoms. The first-order chi connectivity index (χ1) is 8.43. The van der Waals surface area contributed by atoms with Crippen LogP contribution in [0.5, 0.6) is 0 Å². The molecular weight excluding hydrogens is 258 g/mol. The van der Waals surface area contributed by atoms with E-state index in [1.165, 1.54) is 6.07 Å². The van der Waals surface area contributed by atoms with Gasteiger partial charge >= 0.3 is 0 Å². The first-order valence-corrected chi connectivity index (χ1v) is 5.87. The number of benzene rings is 1. The third-order valence-corrected chi connectivity index (χ3v) is 2.72. The largest absolute Gasteiger partial charge is 0.392 e. The van der Waals surface area contributed by atoms with Gasteiger partial charge in [0.1, 0.15) is 0 Å². The van der Waals surface area contributed by atoms with Gasteiger partial charge in [0.25, 0.3) is 0 Å². The summed E-state index contributed by atoms with van der Waals surface area (Å²) in [4.78, 5) is 11.8. The van der Waals surface area contributed by atoms with E-state index in [-0.39, 0.29) is 23.4 Å². The number of carbonyl (C=O) groups excluding carboxylic acids is 1. The fraction of sp³-hybridized carbons (Fsp3) is 0.333. The maximum atomic E-state index is 12.9. The lowest BCUT2D eigenvalue weighted by Crippen LogP contribution is -2.43. The van der Waals surface area contributed by atoms with Crippen molar-refractivity contribution in [2.45, 2.75) is 25.8 Å². The average Bonchev–Trinajstić information content (AvgIpc) is 2.30. The van der Waals surface area contributed by atoms with Crippen molar-refractivity contribution >= 4 is 23.1 Å². The number of hydrogen-bond donors (Lipinski definition) is 2. The second-order valence-electron chi connectivity index (χ2n) is 3.86. The summed E-state index contributed by atoms with van der Waals surface area (Å²) in [5.41, 5.74) is 5.83. The van der Waals surface area contributed by atoms with Gasteiger partial charge < -0.3 is 11.1 Å². The SMILES string of the molecule is CCC(NC(=O)Cc1ccc(F)c(F)c1)C(N)=S. The van der Waals surface area contributed by atoms with Gasteiger partial charge in [0, 0.05) is 0 Å². The van der Waals surface area contributed by atoms with Gasteiger partial charge in [-0.05, 0) is 24.1 Å². The molecule has 1 aromatic rings. The van der Waals surface area contributed by atoms with Crippen LogP contribution in [0.25, 0.3) is 0 Å². The molecule has 1 rings (SSSR count). The van der Waals surface area contributed by atoms with Crippen molar-refractivity contribution in [1.29, 1.82) is 0 Å². The number of rotatable bonds is 5. The summed E-state index contributed by atoms with van der Waals surface area (Å²) in [7, 11) is 0. The monoisotopic (exact) mass is 272 g/mol. The van der Waals surface area contributed by atoms with Crippen LogP contribution in [-0.4, -0.2) is 16.9 Å². The third-order valence-electron chi connectivity index (χ3n) is 2.44. The van der Waals surface area contributed by atoms with Gasteiger partial charge in [0.2, 0.25) is 5.91 Å². The van der Waals surface area contributed by atoms with Gasteiger partial charge in [-0.25, -0.2) is 8.78 Å². The summed E-state index contributed by atoms with van der Waals surface area (Å²) < 4.78 is 25.6. The molecule has 0 spiro atoms. The minimum absolute atomic E-state index is 0.0453. The highest BCUT2D eigenvalue weighted by Crippen LogP contribution is 2.09. The Bertz CT molecular complexity index is 465. The van der Waals surface area contributed by atoms with E-state index >= 15 is 0 Å². The molecule has 0 aliphatic carbocycles. The van der Waals surface area contributed by atoms with Crippen LogP contribution in [0.15, 0.2) is 18.2 Å². The first kappa shape index (κ1) is 14.5. The van der Waals surface area contributed by atoms with E-state index in [4.69, 9.17) is 18.0 Å². The number of thiocarbonyl (C=S) groups is 1. The van der Waals surface area contributed by atoms with E-state index in [0.29, 0.717) is 12.0 Å². The summed E-state index contributed by atoms with van der Waals surface area (Å²) in [5.74, 6) is -2.24. The van der Waals surface area contributed by atoms with E-state index in [0.717, 1.165) is 12.1 Å². The van der Waals surface area contributed by atoms with Gasteiger partial charge in [-0.15, -0.1) is 0 Å². The van der Waals surface area contributed by atoms with Gasteiger partial charge in [-0.2, -0.15) is 0 Å². The van der Waals surface area contributed by atoms with Crippen LogP contribution in [-0.2, 0) is 11.2 Å². The predicted octanol–water partition coefficient (Wildman–Crippen LogP) is 1.69. The zero-order valence-electron chi connectivity index (χ0n) is 9.87. The molecule has 1 atom stereocenters. The lowest BCUT2D eigenvalue weighted by atomic mass is 10.1. The van der Waals surface area contributed by atoms with Crippen LogP contribution in [0.2, 0.25) is 0 Å². The molecule has 0 saturated heterocycles. The Morgan fingerprint density at radius 2 is 2.11 bits per heavy atom. The number of hydrogen-bond acceptors (Lipinski definition) is 2. The van der Waals surface area contributed by atoms with E-state index in [9.17, 15) is 13.6 Å². The Hall–Kier alpha value is -1.56. The molecule has 3 N–H and O–H groups in total. The van der Waals surface area contributed by atoms with Gasteiger partial charge in [-0.1, -0.05) is 25.2 Å². The molecule has 1 amide bonds. The van der Waals surface area contributed by atoms with E-state index in [2.05, 4.69) is 5.32 Å². The fourth-order valence-corrected chi connectivity index (χ4v) is 1.68. The lowest BCUT2D eigenvalue weighted by molar-refractivity contribution is -0.120. The molecule has 0 heterocycles. The molecule has 0 aliphatic rings. The quantitative estimate of drug-likeness (QED) is 0.802. The highest BCUT2D eigenvalue weighted by molar-refractivity contribution is 7.80. The summed E-state index contributed by atoms with van der Waals surface area (Å²) in [5, 5.41) is 2.63. The zero-order valence-corrected chi connectivity index (χ0v) is 10.7. The molecule has 1 aromatic carbocycles. The van der Waals surface area contributed by atoms with Crippen molar-refractivity contribution in [3.63, 3.8) is 0 Å². The Labute approximate surface area is 109 Å². The molecule has 1 unspecified atom stereocenters. The van der Waals surface area contributed by atoms with Gasteiger partial charge in [0.15, 0.2) is 11.6 Å². The summed E-state index contributed by atoms with van der Waals surface area (Å²) in [6.07, 6.45) is 0.537. The Kier molecular flexibility index (Phi) is 5.15. The third kappa shape index (κ3) is 4.03. The smallest absolute Gasteiger partial charge is 0.224 e. The minimum atomic E-state index is -0.971. The van der Waals surface area contributed by atoms with E-state index in [1.54, 1.807) is 0 Å². The second kappa shape index (κ2) is 6.39. The van der Waals surface area contributed by atoms with Crippen molar-refractivity contribution in [2.75, 3.05) is 0 Å². The average molecular weight is 272 g/mol. The molecule has 6 heteroatoms. The summed E-state index contributed by atoms with van der Waals surface area (Å²) in [6, 6.07) is 2.97. The predicted molar refractivity (Wildman–Crippen MR) is 69.1 cm³/mol. The normalized spacial score (nSPS) is 11.9. The van der Waals surface area contributed by atoms with Crippen molar-refractivity contribution in [2.24, 2.45) is 5.73 Å². The summed E-state index contributed by atoms with van der Waals surface area (Å²) >= 11 is 4.79. The van der Waals surface area contributed by atoms with Crippen molar-refractivity contribution in [1.82, 2.24) is 5.32 Å². The molecule has 0 aromatic heterocycles. The molecule has 18 heavy (non-hydrogen) atoms. The van der Waals surface area contributed by atoms with Gasteiger partial charge in [-0.3, -0.25) is 4.79 Å². The molecule has 0 radical (unpaired) electrons. The fourth-order valence-electron chi connectivity index (χ4n) is 1.45. The molecule has 98 valence electrons. The number of nitrogens with one attached hydrogen (secondary N) is 1. The zero-order chi connectivity index (χ0) is 13.7. The van der Waals surface area contributed by atoms with E-state index in [1.807, 2.05) is 6.92 Å². The number of amides is 1. The highest BCUT2D eigenvalue weighted by Gasteiger charge is 2.13. The van der Waals surface area contributed by atoms with E-state index < -0.39 is 11.6 Å². The topological polar surface area (TPSA) is 55.1 Å². The molecule has 0 saturated carbocycles. The molecule has 0 aliphatic heterocycles.